The van der Waals surface area contributed by atoms with Crippen molar-refractivity contribution in [2.75, 3.05) is 0 Å². The molecule has 1 rings (SSSR count). The van der Waals surface area contributed by atoms with Crippen molar-refractivity contribution in [2.45, 2.75) is 33.2 Å². The molecular weight excluding hydrogens is 208 g/mol. The number of carbonyl (C=O) groups excluding carboxylic acids is 2. The number of imidazole rings is 1. The number of hydrogen-bond donors (Lipinski definition) is 0. The van der Waals surface area contributed by atoms with E-state index in [9.17, 15) is 14.7 Å². The number of carbonyl (C=O) groups is 2. The summed E-state index contributed by atoms with van der Waals surface area (Å²) in [7, 11) is 2.02. The maximum absolute atomic E-state index is 10.1. The van der Waals surface area contributed by atoms with Crippen molar-refractivity contribution < 1.29 is 19.3 Å². The van der Waals surface area contributed by atoms with Crippen molar-refractivity contribution in [3.05, 3.63) is 18.7 Å². The summed E-state index contributed by atoms with van der Waals surface area (Å²) in [5.41, 5.74) is 0. The van der Waals surface area contributed by atoms with Gasteiger partial charge in [-0.15, -0.1) is 0 Å². The van der Waals surface area contributed by atoms with E-state index < -0.39 is 5.97 Å². The monoisotopic (exact) mass is 226 g/mol. The molecule has 0 unspecified atom stereocenters. The van der Waals surface area contributed by atoms with E-state index in [0.717, 1.165) is 6.54 Å². The van der Waals surface area contributed by atoms with Crippen molar-refractivity contribution in [1.29, 1.82) is 0 Å². The van der Waals surface area contributed by atoms with Crippen LogP contribution in [0, 0.1) is 0 Å². The molecule has 16 heavy (non-hydrogen) atoms. The molecule has 5 heteroatoms. The molecule has 1 aromatic rings. The summed E-state index contributed by atoms with van der Waals surface area (Å²) in [5, 5.41) is 9.64. The van der Waals surface area contributed by atoms with E-state index >= 15 is 0 Å². The van der Waals surface area contributed by atoms with Crippen LogP contribution in [-0.2, 0) is 23.2 Å². The van der Waals surface area contributed by atoms with Gasteiger partial charge in [0.15, 0.2) is 0 Å². The summed E-state index contributed by atoms with van der Waals surface area (Å²) in [6.07, 6.45) is 6.07. The van der Waals surface area contributed by atoms with E-state index in [-0.39, 0.29) is 18.6 Å². The molecule has 90 valence electrons. The van der Waals surface area contributed by atoms with Crippen LogP contribution in [0.15, 0.2) is 18.7 Å². The number of carboxylic acid groups (broad SMARTS) is 1. The summed E-state index contributed by atoms with van der Waals surface area (Å²) < 4.78 is 4.16. The molecule has 0 atom stereocenters. The molecule has 0 aromatic carbocycles. The van der Waals surface area contributed by atoms with Gasteiger partial charge in [0, 0.05) is 12.4 Å². The Labute approximate surface area is 95.3 Å². The van der Waals surface area contributed by atoms with Gasteiger partial charge in [0.25, 0.3) is 0 Å². The van der Waals surface area contributed by atoms with Crippen molar-refractivity contribution in [3.8, 4) is 0 Å². The number of carboxylic acids is 1. The second-order valence-electron chi connectivity index (χ2n) is 3.48. The number of aryl methyl sites for hydroxylation is 2. The summed E-state index contributed by atoms with van der Waals surface area (Å²) in [5.74, 6) is -1.28. The van der Waals surface area contributed by atoms with Gasteiger partial charge in [-0.2, -0.15) is 0 Å². The van der Waals surface area contributed by atoms with Gasteiger partial charge in [-0.1, -0.05) is 0 Å². The van der Waals surface area contributed by atoms with Crippen molar-refractivity contribution >= 4 is 11.8 Å². The maximum Gasteiger partial charge on any atom is 0.243 e. The number of hydrogen-bond acceptors (Lipinski definition) is 3. The third-order valence-corrected chi connectivity index (χ3v) is 1.87. The molecular formula is C11H18N2O3. The van der Waals surface area contributed by atoms with Gasteiger partial charge in [0.1, 0.15) is 18.2 Å². The Kier molecular flexibility index (Phi) is 6.83. The average Bonchev–Trinajstić information content (AvgIpc) is 2.62. The molecule has 0 bridgehead atoms. The second-order valence-corrected chi connectivity index (χ2v) is 3.48. The standard InChI is InChI=1S/C6H11N2.C5H8O3/c1-3-8-5-4-7(2)6-8;1-4(6)2-3-5(7)8/h4-6H,3H2,1-2H3;2-3H2,1H3,(H,7,8)/q+1;/p-1. The lowest BCUT2D eigenvalue weighted by Gasteiger charge is -1.95. The second kappa shape index (κ2) is 7.62. The van der Waals surface area contributed by atoms with Gasteiger partial charge in [0.2, 0.25) is 6.33 Å². The van der Waals surface area contributed by atoms with Crippen LogP contribution in [0.4, 0.5) is 0 Å². The van der Waals surface area contributed by atoms with Crippen LogP contribution in [0.1, 0.15) is 26.7 Å². The fourth-order valence-electron chi connectivity index (χ4n) is 0.967. The summed E-state index contributed by atoms with van der Waals surface area (Å²) in [4.78, 5) is 19.7. The number of rotatable bonds is 4. The van der Waals surface area contributed by atoms with Gasteiger partial charge in [-0.05, 0) is 20.3 Å². The molecule has 5 nitrogen and oxygen atoms in total. The Bertz CT molecular complexity index is 331. The highest BCUT2D eigenvalue weighted by atomic mass is 16.4. The molecule has 1 aromatic heterocycles. The van der Waals surface area contributed by atoms with Crippen molar-refractivity contribution in [1.82, 2.24) is 4.57 Å². The van der Waals surface area contributed by atoms with Crippen LogP contribution in [0.5, 0.6) is 0 Å². The number of aromatic nitrogens is 2. The molecule has 0 spiro atoms. The van der Waals surface area contributed by atoms with Crippen LogP contribution in [0.25, 0.3) is 0 Å². The van der Waals surface area contributed by atoms with Crippen LogP contribution in [-0.4, -0.2) is 16.3 Å². The number of nitrogens with zero attached hydrogens (tertiary/aromatic N) is 2. The lowest BCUT2D eigenvalue weighted by molar-refractivity contribution is -0.693. The largest absolute Gasteiger partial charge is 0.550 e. The highest BCUT2D eigenvalue weighted by Crippen LogP contribution is 1.86. The van der Waals surface area contributed by atoms with E-state index in [0.29, 0.717) is 0 Å². The Morgan fingerprint density at radius 2 is 2.00 bits per heavy atom. The maximum atomic E-state index is 10.1. The van der Waals surface area contributed by atoms with Gasteiger partial charge in [-0.3, -0.25) is 0 Å². The lowest BCUT2D eigenvalue weighted by atomic mass is 10.2. The molecule has 0 radical (unpaired) electrons. The highest BCUT2D eigenvalue weighted by Gasteiger charge is 1.92. The predicted octanol–water partition coefficient (Wildman–Crippen LogP) is -0.562. The first-order chi connectivity index (χ1) is 7.45. The summed E-state index contributed by atoms with van der Waals surface area (Å²) >= 11 is 0. The Morgan fingerprint density at radius 1 is 1.38 bits per heavy atom. The molecule has 0 aliphatic rings. The Morgan fingerprint density at radius 3 is 2.19 bits per heavy atom. The molecule has 1 heterocycles. The molecule has 0 saturated heterocycles. The Hall–Kier alpha value is -1.65. The van der Waals surface area contributed by atoms with Gasteiger partial charge in [-0.25, -0.2) is 9.13 Å². The van der Waals surface area contributed by atoms with E-state index in [4.69, 9.17) is 0 Å². The van der Waals surface area contributed by atoms with Crippen molar-refractivity contribution in [3.63, 3.8) is 0 Å². The number of Topliss-reactive ketones (excluding diaryl/α,β-unsaturated/α-hetero) is 1. The first-order valence-electron chi connectivity index (χ1n) is 5.16. The zero-order valence-corrected chi connectivity index (χ0v) is 9.97. The third kappa shape index (κ3) is 7.73. The van der Waals surface area contributed by atoms with Gasteiger partial charge >= 0.3 is 0 Å². The summed E-state index contributed by atoms with van der Waals surface area (Å²) in [6.45, 7) is 4.53. The summed E-state index contributed by atoms with van der Waals surface area (Å²) in [6, 6.07) is 0. The quantitative estimate of drug-likeness (QED) is 0.646. The molecule has 0 N–H and O–H groups in total. The minimum Gasteiger partial charge on any atom is -0.550 e. The zero-order chi connectivity index (χ0) is 12.6. The highest BCUT2D eigenvalue weighted by molar-refractivity contribution is 5.79. The fourth-order valence-corrected chi connectivity index (χ4v) is 0.967. The lowest BCUT2D eigenvalue weighted by Crippen LogP contribution is -2.28. The van der Waals surface area contributed by atoms with E-state index in [1.807, 2.05) is 17.8 Å². The molecule has 0 fully saturated rings. The first-order valence-corrected chi connectivity index (χ1v) is 5.16. The molecule has 0 aliphatic carbocycles. The molecule has 0 aliphatic heterocycles. The van der Waals surface area contributed by atoms with E-state index in [2.05, 4.69) is 24.0 Å². The molecule has 0 amide bonds. The normalized spacial score (nSPS) is 9.19. The van der Waals surface area contributed by atoms with Crippen LogP contribution < -0.4 is 9.67 Å². The Balaban J connectivity index is 0.000000281. The van der Waals surface area contributed by atoms with E-state index in [1.165, 1.54) is 6.92 Å². The van der Waals surface area contributed by atoms with Crippen LogP contribution in [0.3, 0.4) is 0 Å². The van der Waals surface area contributed by atoms with Crippen molar-refractivity contribution in [2.24, 2.45) is 7.05 Å². The van der Waals surface area contributed by atoms with Gasteiger partial charge in [0.05, 0.1) is 13.6 Å². The number of ketones is 1. The SMILES string of the molecule is CC(=O)CCC(=O)[O-].CC[n+]1ccn(C)c1. The van der Waals surface area contributed by atoms with E-state index in [1.54, 1.807) is 0 Å². The first kappa shape index (κ1) is 14.3. The fraction of sp³-hybridized carbons (Fsp3) is 0.545. The smallest absolute Gasteiger partial charge is 0.243 e. The minimum atomic E-state index is -1.17. The predicted molar refractivity (Wildman–Crippen MR) is 56.2 cm³/mol. The number of aliphatic carboxylic acids is 1. The van der Waals surface area contributed by atoms with Gasteiger partial charge < -0.3 is 14.7 Å². The third-order valence-electron chi connectivity index (χ3n) is 1.87. The minimum absolute atomic E-state index is 0.0856. The van der Waals surface area contributed by atoms with Crippen LogP contribution >= 0.6 is 0 Å². The molecule has 0 saturated carbocycles. The average molecular weight is 226 g/mol. The topological polar surface area (TPSA) is 66.0 Å². The zero-order valence-electron chi connectivity index (χ0n) is 9.97. The van der Waals surface area contributed by atoms with Crippen LogP contribution in [0.2, 0.25) is 0 Å².